The summed E-state index contributed by atoms with van der Waals surface area (Å²) in [6.45, 7) is 0. The molecule has 0 aromatic heterocycles. The second-order valence-corrected chi connectivity index (χ2v) is 5.15. The number of azo groups is 1. The number of benzene rings is 2. The molecule has 0 saturated heterocycles. The number of nitrogens with zero attached hydrogens (tertiary/aromatic N) is 4. The van der Waals surface area contributed by atoms with E-state index in [1.54, 1.807) is 29.0 Å². The van der Waals surface area contributed by atoms with E-state index in [-0.39, 0.29) is 0 Å². The summed E-state index contributed by atoms with van der Waals surface area (Å²) in [6, 6.07) is 16.4. The van der Waals surface area contributed by atoms with E-state index in [0.29, 0.717) is 16.8 Å². The van der Waals surface area contributed by atoms with Crippen molar-refractivity contribution >= 4 is 32.6 Å². The molecule has 19 heavy (non-hydrogen) atoms. The second-order valence-electron chi connectivity index (χ2n) is 3.75. The fourth-order valence-corrected chi connectivity index (χ4v) is 1.84. The van der Waals surface area contributed by atoms with Gasteiger partial charge in [0.15, 0.2) is 0 Å². The molecule has 4 nitrogen and oxygen atoms in total. The van der Waals surface area contributed by atoms with Crippen LogP contribution in [0, 0.1) is 22.7 Å². The molecule has 1 unspecified atom stereocenters. The molecule has 2 aromatic rings. The second kappa shape index (κ2) is 5.96. The van der Waals surface area contributed by atoms with Gasteiger partial charge < -0.3 is 0 Å². The Kier molecular flexibility index (Phi) is 4.08. The third kappa shape index (κ3) is 3.28. The predicted octanol–water partition coefficient (Wildman–Crippen LogP) is 2.10. The Balaban J connectivity index is 2.31. The van der Waals surface area contributed by atoms with E-state index in [0.717, 1.165) is 5.69 Å². The van der Waals surface area contributed by atoms with E-state index in [1.165, 1.54) is 10.4 Å². The molecule has 5 heteroatoms. The zero-order chi connectivity index (χ0) is 13.7. The molecule has 0 aliphatic carbocycles. The fraction of sp³-hybridized carbons (Fsp3) is 0. The van der Waals surface area contributed by atoms with E-state index in [2.05, 4.69) is 10.2 Å². The average molecular weight is 308 g/mol. The van der Waals surface area contributed by atoms with Crippen LogP contribution in [0.1, 0.15) is 11.1 Å². The molecule has 0 aliphatic rings. The number of hydrogen-bond acceptors (Lipinski definition) is 4. The molecule has 0 spiro atoms. The van der Waals surface area contributed by atoms with E-state index in [1.807, 2.05) is 36.4 Å². The summed E-state index contributed by atoms with van der Waals surface area (Å²) in [5.41, 5.74) is 1.98. The number of rotatable bonds is 2. The van der Waals surface area contributed by atoms with Crippen molar-refractivity contribution in [2.24, 2.45) is 10.2 Å². The van der Waals surface area contributed by atoms with Crippen LogP contribution >= 0.6 is 0 Å². The molecule has 1 atom stereocenters. The van der Waals surface area contributed by atoms with Gasteiger partial charge in [-0.25, -0.2) is 0 Å². The van der Waals surface area contributed by atoms with Gasteiger partial charge in [0.05, 0.1) is 0 Å². The molecule has 0 bridgehead atoms. The molecule has 90 valence electrons. The molecule has 0 N–H and O–H groups in total. The van der Waals surface area contributed by atoms with Crippen molar-refractivity contribution in [3.05, 3.63) is 53.6 Å². The van der Waals surface area contributed by atoms with Gasteiger partial charge in [0, 0.05) is 0 Å². The van der Waals surface area contributed by atoms with E-state index >= 15 is 0 Å². The third-order valence-corrected chi connectivity index (χ3v) is 3.22. The van der Waals surface area contributed by atoms with Gasteiger partial charge in [0.25, 0.3) is 0 Å². The Hall–Kier alpha value is -2.42. The minimum atomic E-state index is 0.346. The Labute approximate surface area is 119 Å². The monoisotopic (exact) mass is 308 g/mol. The number of hydrogen-bond donors (Lipinski definition) is 0. The van der Waals surface area contributed by atoms with E-state index in [4.69, 9.17) is 10.5 Å². The van der Waals surface area contributed by atoms with Gasteiger partial charge in [-0.2, -0.15) is 0 Å². The van der Waals surface area contributed by atoms with Crippen molar-refractivity contribution in [2.45, 2.75) is 0 Å². The zero-order valence-corrected chi connectivity index (χ0v) is 12.3. The van der Waals surface area contributed by atoms with Gasteiger partial charge in [-0.3, -0.25) is 0 Å². The molecule has 2 rings (SSSR count). The molecule has 0 heterocycles. The fourth-order valence-electron chi connectivity index (χ4n) is 1.43. The summed E-state index contributed by atoms with van der Waals surface area (Å²) in [5.74, 6) is 0. The van der Waals surface area contributed by atoms with Gasteiger partial charge in [-0.05, 0) is 0 Å². The van der Waals surface area contributed by atoms with Gasteiger partial charge in [0.2, 0.25) is 0 Å². The summed E-state index contributed by atoms with van der Waals surface area (Å²) in [7, 11) is 0. The first kappa shape index (κ1) is 13.0. The van der Waals surface area contributed by atoms with Crippen LogP contribution in [0.25, 0.3) is 0 Å². The summed E-state index contributed by atoms with van der Waals surface area (Å²) in [4.78, 5) is 0. The van der Waals surface area contributed by atoms with Crippen LogP contribution in [-0.4, -0.2) is 16.9 Å². The first-order valence-electron chi connectivity index (χ1n) is 5.44. The molecular formula is C14H9AsN4. The molecule has 0 saturated carbocycles. The van der Waals surface area contributed by atoms with Crippen LogP contribution in [0.2, 0.25) is 0 Å². The quantitative estimate of drug-likeness (QED) is 0.629. The topological polar surface area (TPSA) is 72.3 Å². The van der Waals surface area contributed by atoms with Crippen molar-refractivity contribution in [1.29, 1.82) is 10.5 Å². The maximum absolute atomic E-state index is 9.01. The third-order valence-electron chi connectivity index (χ3n) is 2.41. The summed E-state index contributed by atoms with van der Waals surface area (Å²) in [6.07, 6.45) is 0. The Morgan fingerprint density at radius 1 is 0.895 bits per heavy atom. The van der Waals surface area contributed by atoms with Crippen LogP contribution in [0.3, 0.4) is 0 Å². The molecule has 0 fully saturated rings. The standard InChI is InChI=1S/C14H9AsN4/c15-12-2-4-13(5-3-12)18-19-14-6-1-10(8-16)7-11(14)9-17/h1-7H,15H2. The van der Waals surface area contributed by atoms with Crippen LogP contribution < -0.4 is 4.35 Å². The molecule has 0 aliphatic heterocycles. The van der Waals surface area contributed by atoms with Gasteiger partial charge in [-0.15, -0.1) is 0 Å². The average Bonchev–Trinajstić information content (AvgIpc) is 2.46. The Morgan fingerprint density at radius 3 is 2.26 bits per heavy atom. The normalized spacial score (nSPS) is 10.1. The van der Waals surface area contributed by atoms with Crippen LogP contribution in [0.4, 0.5) is 11.4 Å². The Bertz CT molecular complexity index is 706. The minimum absolute atomic E-state index is 0.346. The van der Waals surface area contributed by atoms with E-state index < -0.39 is 0 Å². The first-order chi connectivity index (χ1) is 9.22. The van der Waals surface area contributed by atoms with E-state index in [9.17, 15) is 0 Å². The van der Waals surface area contributed by atoms with Gasteiger partial charge in [0.1, 0.15) is 0 Å². The van der Waals surface area contributed by atoms with Crippen molar-refractivity contribution in [1.82, 2.24) is 0 Å². The van der Waals surface area contributed by atoms with Crippen LogP contribution in [0.5, 0.6) is 0 Å². The van der Waals surface area contributed by atoms with Crippen molar-refractivity contribution in [3.8, 4) is 12.1 Å². The molecule has 0 radical (unpaired) electrons. The SMILES string of the molecule is N#Cc1ccc(N=Nc2ccc([AsH2])cc2)c(C#N)c1. The van der Waals surface area contributed by atoms with Crippen molar-refractivity contribution in [3.63, 3.8) is 0 Å². The molecule has 2 aromatic carbocycles. The first-order valence-corrected chi connectivity index (χ1v) is 6.65. The summed E-state index contributed by atoms with van der Waals surface area (Å²) in [5, 5.41) is 25.9. The Morgan fingerprint density at radius 2 is 1.63 bits per heavy atom. The molecule has 0 amide bonds. The van der Waals surface area contributed by atoms with Crippen molar-refractivity contribution < 1.29 is 0 Å². The summed E-state index contributed by atoms with van der Waals surface area (Å²) < 4.78 is 1.21. The van der Waals surface area contributed by atoms with Crippen LogP contribution in [0.15, 0.2) is 52.7 Å². The summed E-state index contributed by atoms with van der Waals surface area (Å²) >= 11 is 1.55. The van der Waals surface area contributed by atoms with Gasteiger partial charge >= 0.3 is 119 Å². The maximum atomic E-state index is 9.01. The zero-order valence-electron chi connectivity index (χ0n) is 9.91. The number of nitriles is 2. The predicted molar refractivity (Wildman–Crippen MR) is 74.7 cm³/mol. The molecular weight excluding hydrogens is 299 g/mol. The van der Waals surface area contributed by atoms with Crippen LogP contribution in [-0.2, 0) is 0 Å². The van der Waals surface area contributed by atoms with Gasteiger partial charge in [-0.1, -0.05) is 0 Å². The van der Waals surface area contributed by atoms with Crippen molar-refractivity contribution in [2.75, 3.05) is 0 Å².